The molecule has 5 aromatic rings. The quantitative estimate of drug-likeness (QED) is 0.104. The molecule has 1 saturated heterocycles. The van der Waals surface area contributed by atoms with Crippen LogP contribution in [0, 0.1) is 0 Å². The number of hydrogen-bond acceptors (Lipinski definition) is 9. The molecule has 2 heterocycles. The number of carboxylic acid groups (broad SMARTS) is 1. The largest absolute Gasteiger partial charge is 0.478 e. The molecule has 272 valence electrons. The molecular formula is C34H30BrF2N4O8PS2. The molecule has 1 aliphatic heterocycles. The van der Waals surface area contributed by atoms with Crippen LogP contribution < -0.4 is 9.64 Å². The second kappa shape index (κ2) is 15.1. The highest BCUT2D eigenvalue weighted by molar-refractivity contribution is 9.10. The third-order valence-corrected chi connectivity index (χ3v) is 12.7. The van der Waals surface area contributed by atoms with Gasteiger partial charge in [-0.1, -0.05) is 64.0 Å². The van der Waals surface area contributed by atoms with E-state index in [9.17, 15) is 41.5 Å². The fourth-order valence-electron chi connectivity index (χ4n) is 5.52. The predicted molar refractivity (Wildman–Crippen MR) is 194 cm³/mol. The van der Waals surface area contributed by atoms with Gasteiger partial charge in [-0.3, -0.25) is 4.57 Å². The zero-order chi connectivity index (χ0) is 37.3. The molecule has 18 heteroatoms. The van der Waals surface area contributed by atoms with Crippen LogP contribution in [0.15, 0.2) is 100 Å². The molecule has 0 aliphatic carbocycles. The number of nitrogens with zero attached hydrogens (tertiary/aromatic N) is 4. The first-order valence-electron chi connectivity index (χ1n) is 15.7. The van der Waals surface area contributed by atoms with Crippen molar-refractivity contribution in [3.05, 3.63) is 112 Å². The lowest BCUT2D eigenvalue weighted by Crippen LogP contribution is -2.35. The minimum atomic E-state index is -5.82. The zero-order valence-electron chi connectivity index (χ0n) is 27.0. The summed E-state index contributed by atoms with van der Waals surface area (Å²) in [6.45, 7) is 0.906. The number of alkyl halides is 2. The van der Waals surface area contributed by atoms with E-state index in [4.69, 9.17) is 4.74 Å². The van der Waals surface area contributed by atoms with Crippen molar-refractivity contribution in [2.45, 2.75) is 36.4 Å². The standard InChI is InChI=1S/C34H30BrF2N4O8PS2/c35-30-18-22(10-15-29(30)34(36,37)50(44,45)46)21-41(25-11-13-28(14-12-25)52(47,48)40-16-2-1-3-17-40)33-39-38-31(51-33)23-6-4-8-26(19-23)49-27-9-5-7-24(20-27)32(42)43/h4-15,18-20H,1-3,16-17,21H2,(H,42,43)(H2,44,45,46). The van der Waals surface area contributed by atoms with Crippen LogP contribution in [-0.4, -0.2) is 56.9 Å². The highest BCUT2D eigenvalue weighted by Gasteiger charge is 2.51. The van der Waals surface area contributed by atoms with Crippen molar-refractivity contribution in [3.8, 4) is 22.1 Å². The SMILES string of the molecule is O=C(O)c1cccc(Oc2cccc(-c3nnc(N(Cc4ccc(C(F)(F)P(=O)(O)O)c(Br)c4)c4ccc(S(=O)(=O)N5CCCCC5)cc4)s3)c2)c1. The van der Waals surface area contributed by atoms with Crippen molar-refractivity contribution in [2.24, 2.45) is 0 Å². The lowest BCUT2D eigenvalue weighted by Gasteiger charge is -2.26. The Labute approximate surface area is 309 Å². The molecule has 12 nitrogen and oxygen atoms in total. The van der Waals surface area contributed by atoms with Crippen molar-refractivity contribution < 1.29 is 46.2 Å². The van der Waals surface area contributed by atoms with Crippen LogP contribution >= 0.6 is 34.9 Å². The number of anilines is 2. The molecule has 0 amide bonds. The van der Waals surface area contributed by atoms with Gasteiger partial charge in [0.15, 0.2) is 0 Å². The third kappa shape index (κ3) is 8.10. The molecule has 4 aromatic carbocycles. The van der Waals surface area contributed by atoms with Crippen LogP contribution in [-0.2, 0) is 26.8 Å². The van der Waals surface area contributed by atoms with Crippen LogP contribution in [0.2, 0.25) is 0 Å². The summed E-state index contributed by atoms with van der Waals surface area (Å²) in [4.78, 5) is 31.7. The van der Waals surface area contributed by atoms with Gasteiger partial charge in [0, 0.05) is 34.4 Å². The van der Waals surface area contributed by atoms with Gasteiger partial charge in [-0.2, -0.15) is 13.1 Å². The maximum Gasteiger partial charge on any atom is 0.399 e. The summed E-state index contributed by atoms with van der Waals surface area (Å²) in [5.41, 5.74) is -3.64. The fraction of sp³-hybridized carbons (Fsp3) is 0.206. The Morgan fingerprint density at radius 1 is 0.942 bits per heavy atom. The molecule has 1 fully saturated rings. The monoisotopic (exact) mass is 834 g/mol. The van der Waals surface area contributed by atoms with Crippen molar-refractivity contribution in [2.75, 3.05) is 18.0 Å². The van der Waals surface area contributed by atoms with Gasteiger partial charge in [-0.05, 0) is 79.1 Å². The number of aromatic nitrogens is 2. The van der Waals surface area contributed by atoms with E-state index in [0.717, 1.165) is 25.3 Å². The first-order chi connectivity index (χ1) is 24.6. The molecule has 0 radical (unpaired) electrons. The Morgan fingerprint density at radius 3 is 2.27 bits per heavy atom. The van der Waals surface area contributed by atoms with E-state index in [1.165, 1.54) is 52.0 Å². The fourth-order valence-corrected chi connectivity index (χ4v) is 9.24. The molecule has 1 aromatic heterocycles. The second-order valence-electron chi connectivity index (χ2n) is 11.8. The van der Waals surface area contributed by atoms with E-state index < -0.39 is 34.8 Å². The normalized spacial score (nSPS) is 14.2. The van der Waals surface area contributed by atoms with Gasteiger partial charge in [0.25, 0.3) is 0 Å². The molecule has 0 spiro atoms. The average Bonchev–Trinajstić information content (AvgIpc) is 3.61. The van der Waals surface area contributed by atoms with Crippen molar-refractivity contribution in [1.29, 1.82) is 0 Å². The summed E-state index contributed by atoms with van der Waals surface area (Å²) < 4.78 is 74.5. The van der Waals surface area contributed by atoms with E-state index in [-0.39, 0.29) is 21.5 Å². The smallest absolute Gasteiger partial charge is 0.399 e. The number of carboxylic acids is 1. The maximum atomic E-state index is 14.6. The number of piperidine rings is 1. The Balaban J connectivity index is 1.33. The Bertz CT molecular complexity index is 2270. The van der Waals surface area contributed by atoms with Gasteiger partial charge in [-0.15, -0.1) is 10.2 Å². The minimum absolute atomic E-state index is 0.0241. The van der Waals surface area contributed by atoms with Crippen LogP contribution in [0.3, 0.4) is 0 Å². The number of carbonyl (C=O) groups is 1. The number of sulfonamides is 1. The predicted octanol–water partition coefficient (Wildman–Crippen LogP) is 8.20. The van der Waals surface area contributed by atoms with Crippen molar-refractivity contribution >= 4 is 61.7 Å². The number of halogens is 3. The number of rotatable bonds is 12. The first kappa shape index (κ1) is 37.7. The van der Waals surface area contributed by atoms with Crippen LogP contribution in [0.5, 0.6) is 11.5 Å². The van der Waals surface area contributed by atoms with E-state index >= 15 is 0 Å². The zero-order valence-corrected chi connectivity index (χ0v) is 31.1. The summed E-state index contributed by atoms with van der Waals surface area (Å²) in [6, 6.07) is 22.8. The Hall–Kier alpha value is -4.09. The first-order valence-corrected chi connectivity index (χ1v) is 20.3. The lowest BCUT2D eigenvalue weighted by molar-refractivity contribution is 0.0557. The van der Waals surface area contributed by atoms with Gasteiger partial charge in [0.05, 0.1) is 17.0 Å². The van der Waals surface area contributed by atoms with E-state index in [2.05, 4.69) is 26.1 Å². The van der Waals surface area contributed by atoms with Gasteiger partial charge in [-0.25, -0.2) is 13.2 Å². The number of ether oxygens (including phenoxy) is 1. The summed E-state index contributed by atoms with van der Waals surface area (Å²) in [5.74, 6) is -0.357. The van der Waals surface area contributed by atoms with E-state index in [0.29, 0.717) is 51.5 Å². The Kier molecular flexibility index (Phi) is 10.9. The van der Waals surface area contributed by atoms with E-state index in [1.54, 1.807) is 53.4 Å². The molecule has 6 rings (SSSR count). The van der Waals surface area contributed by atoms with Gasteiger partial charge < -0.3 is 24.5 Å². The molecule has 0 atom stereocenters. The summed E-state index contributed by atoms with van der Waals surface area (Å²) in [6.07, 6.45) is 2.54. The average molecular weight is 836 g/mol. The molecule has 3 N–H and O–H groups in total. The van der Waals surface area contributed by atoms with Crippen molar-refractivity contribution in [3.63, 3.8) is 0 Å². The van der Waals surface area contributed by atoms with Crippen LogP contribution in [0.4, 0.5) is 19.6 Å². The molecular weight excluding hydrogens is 805 g/mol. The number of hydrogen-bond donors (Lipinski definition) is 3. The molecule has 1 aliphatic rings. The lowest BCUT2D eigenvalue weighted by atomic mass is 10.1. The summed E-state index contributed by atoms with van der Waals surface area (Å²) in [7, 11) is -9.54. The highest BCUT2D eigenvalue weighted by atomic mass is 79.9. The summed E-state index contributed by atoms with van der Waals surface area (Å²) >= 11 is 4.23. The minimum Gasteiger partial charge on any atom is -0.478 e. The van der Waals surface area contributed by atoms with E-state index in [1.807, 2.05) is 0 Å². The number of aromatic carboxylic acids is 1. The van der Waals surface area contributed by atoms with Gasteiger partial charge in [0.1, 0.15) is 16.5 Å². The third-order valence-electron chi connectivity index (χ3n) is 8.21. The highest BCUT2D eigenvalue weighted by Crippen LogP contribution is 2.60. The van der Waals surface area contributed by atoms with Crippen LogP contribution in [0.1, 0.15) is 40.7 Å². The number of benzene rings is 4. The van der Waals surface area contributed by atoms with Crippen LogP contribution in [0.25, 0.3) is 10.6 Å². The molecule has 0 bridgehead atoms. The molecule has 52 heavy (non-hydrogen) atoms. The second-order valence-corrected chi connectivity index (χ2v) is 17.2. The van der Waals surface area contributed by atoms with Crippen molar-refractivity contribution in [1.82, 2.24) is 14.5 Å². The van der Waals surface area contributed by atoms with Gasteiger partial charge >= 0.3 is 19.2 Å². The summed E-state index contributed by atoms with van der Waals surface area (Å²) in [5, 5.41) is 18.9. The maximum absolute atomic E-state index is 14.6. The molecule has 0 saturated carbocycles. The Morgan fingerprint density at radius 2 is 1.62 bits per heavy atom. The van der Waals surface area contributed by atoms with Gasteiger partial charge in [0.2, 0.25) is 15.2 Å². The topological polar surface area (TPSA) is 170 Å². The molecule has 0 unspecified atom stereocenters.